The van der Waals surface area contributed by atoms with Crippen LogP contribution in [0.1, 0.15) is 19.3 Å². The number of carbonyl (C=O) groups excluding carboxylic acids is 1. The molecule has 0 atom stereocenters. The van der Waals surface area contributed by atoms with Crippen LogP contribution >= 0.6 is 23.6 Å². The van der Waals surface area contributed by atoms with Crippen LogP contribution in [-0.4, -0.2) is 33.4 Å². The molecule has 7 heteroatoms. The van der Waals surface area contributed by atoms with Gasteiger partial charge in [-0.2, -0.15) is 0 Å². The van der Waals surface area contributed by atoms with Crippen molar-refractivity contribution in [2.45, 2.75) is 25.8 Å². The summed E-state index contributed by atoms with van der Waals surface area (Å²) in [5, 5.41) is 1.88. The Morgan fingerprint density at radius 1 is 1.35 bits per heavy atom. The largest absolute Gasteiger partial charge is 0.343 e. The molecular weight excluding hydrogens is 294 g/mol. The Morgan fingerprint density at radius 2 is 2.20 bits per heavy atom. The average molecular weight is 309 g/mol. The highest BCUT2D eigenvalue weighted by atomic mass is 32.1. The number of carbonyl (C=O) groups is 1. The minimum Gasteiger partial charge on any atom is -0.343 e. The number of hydrogen-bond donors (Lipinski definition) is 1. The first-order chi connectivity index (χ1) is 9.66. The molecule has 0 aromatic carbocycles. The number of fused-ring (bicyclic) bond motifs is 1. The standard InChI is InChI=1S/C13H15N3O2S2/c17-10-3-1-5-15(10)6-2-7-16-12(18)11-9(4-8-20-11)14-13(16)19/h4,8H,1-3,5-7H2,(H,14,19). The molecule has 20 heavy (non-hydrogen) atoms. The van der Waals surface area contributed by atoms with Crippen LogP contribution in [-0.2, 0) is 11.3 Å². The summed E-state index contributed by atoms with van der Waals surface area (Å²) < 4.78 is 2.75. The van der Waals surface area contributed by atoms with Gasteiger partial charge >= 0.3 is 0 Å². The number of likely N-dealkylation sites (tertiary alicyclic amines) is 1. The maximum Gasteiger partial charge on any atom is 0.272 e. The first-order valence-corrected chi connectivity index (χ1v) is 7.94. The Balaban J connectivity index is 1.76. The van der Waals surface area contributed by atoms with Gasteiger partial charge in [-0.15, -0.1) is 11.3 Å². The van der Waals surface area contributed by atoms with Crippen LogP contribution in [0.15, 0.2) is 16.2 Å². The number of amides is 1. The van der Waals surface area contributed by atoms with Crippen LogP contribution in [0, 0.1) is 4.77 Å². The maximum atomic E-state index is 12.3. The van der Waals surface area contributed by atoms with Crippen LogP contribution in [0.3, 0.4) is 0 Å². The van der Waals surface area contributed by atoms with E-state index < -0.39 is 0 Å². The minimum atomic E-state index is -0.0356. The number of thiophene rings is 1. The summed E-state index contributed by atoms with van der Waals surface area (Å²) in [7, 11) is 0. The van der Waals surface area contributed by atoms with Gasteiger partial charge in [0.25, 0.3) is 5.56 Å². The van der Waals surface area contributed by atoms with Crippen molar-refractivity contribution in [2.24, 2.45) is 0 Å². The van der Waals surface area contributed by atoms with Gasteiger partial charge in [-0.25, -0.2) is 0 Å². The quantitative estimate of drug-likeness (QED) is 0.880. The van der Waals surface area contributed by atoms with Gasteiger partial charge in [-0.05, 0) is 36.5 Å². The highest BCUT2D eigenvalue weighted by Crippen LogP contribution is 2.14. The van der Waals surface area contributed by atoms with Crippen molar-refractivity contribution < 1.29 is 4.79 Å². The smallest absolute Gasteiger partial charge is 0.272 e. The number of nitrogens with one attached hydrogen (secondary N) is 1. The molecule has 1 amide bonds. The second-order valence-corrected chi connectivity index (χ2v) is 6.19. The van der Waals surface area contributed by atoms with Crippen molar-refractivity contribution in [3.8, 4) is 0 Å². The van der Waals surface area contributed by atoms with Crippen LogP contribution < -0.4 is 5.56 Å². The Hall–Kier alpha value is -1.47. The van der Waals surface area contributed by atoms with E-state index in [0.29, 0.717) is 29.0 Å². The Kier molecular flexibility index (Phi) is 3.71. The van der Waals surface area contributed by atoms with E-state index >= 15 is 0 Å². The van der Waals surface area contributed by atoms with E-state index in [1.54, 1.807) is 4.57 Å². The molecule has 0 aliphatic carbocycles. The molecule has 2 aromatic heterocycles. The highest BCUT2D eigenvalue weighted by molar-refractivity contribution is 7.71. The van der Waals surface area contributed by atoms with Gasteiger partial charge in [0.2, 0.25) is 5.91 Å². The molecule has 1 aliphatic heterocycles. The second kappa shape index (κ2) is 5.49. The summed E-state index contributed by atoms with van der Waals surface area (Å²) in [4.78, 5) is 28.8. The summed E-state index contributed by atoms with van der Waals surface area (Å²) >= 11 is 6.66. The fourth-order valence-electron chi connectivity index (χ4n) is 2.53. The molecule has 0 spiro atoms. The number of nitrogens with zero attached hydrogens (tertiary/aromatic N) is 2. The van der Waals surface area contributed by atoms with Gasteiger partial charge < -0.3 is 9.88 Å². The van der Waals surface area contributed by atoms with Crippen LogP contribution in [0.2, 0.25) is 0 Å². The highest BCUT2D eigenvalue weighted by Gasteiger charge is 2.19. The van der Waals surface area contributed by atoms with Crippen molar-refractivity contribution in [3.63, 3.8) is 0 Å². The molecule has 2 aromatic rings. The second-order valence-electron chi connectivity index (χ2n) is 4.89. The van der Waals surface area contributed by atoms with Crippen molar-refractivity contribution >= 4 is 39.7 Å². The van der Waals surface area contributed by atoms with E-state index in [-0.39, 0.29) is 11.5 Å². The summed E-state index contributed by atoms with van der Waals surface area (Å²) in [5.41, 5.74) is 0.766. The fraction of sp³-hybridized carbons (Fsp3) is 0.462. The lowest BCUT2D eigenvalue weighted by molar-refractivity contribution is -0.127. The zero-order valence-corrected chi connectivity index (χ0v) is 12.6. The van der Waals surface area contributed by atoms with Gasteiger partial charge in [0.1, 0.15) is 4.70 Å². The van der Waals surface area contributed by atoms with Crippen molar-refractivity contribution in [1.29, 1.82) is 0 Å². The maximum absolute atomic E-state index is 12.3. The summed E-state index contributed by atoms with van der Waals surface area (Å²) in [6, 6.07) is 1.87. The third-order valence-corrected chi connectivity index (χ3v) is 4.80. The van der Waals surface area contributed by atoms with Crippen LogP contribution in [0.5, 0.6) is 0 Å². The molecular formula is C13H15N3O2S2. The monoisotopic (exact) mass is 309 g/mol. The Labute approximate surface area is 124 Å². The predicted molar refractivity (Wildman–Crippen MR) is 81.7 cm³/mol. The number of rotatable bonds is 4. The number of aromatic nitrogens is 2. The van der Waals surface area contributed by atoms with Crippen LogP contribution in [0.4, 0.5) is 0 Å². The molecule has 1 fully saturated rings. The number of H-pyrrole nitrogens is 1. The zero-order chi connectivity index (χ0) is 14.1. The molecule has 0 bridgehead atoms. The number of hydrogen-bond acceptors (Lipinski definition) is 4. The van der Waals surface area contributed by atoms with E-state index in [0.717, 1.165) is 24.9 Å². The molecule has 0 radical (unpaired) electrons. The SMILES string of the molecule is O=C1CCCN1CCCn1c(=S)[nH]c2ccsc2c1=O. The molecule has 5 nitrogen and oxygen atoms in total. The van der Waals surface area contributed by atoms with Gasteiger partial charge in [0, 0.05) is 26.1 Å². The lowest BCUT2D eigenvalue weighted by Crippen LogP contribution is -2.28. The summed E-state index contributed by atoms with van der Waals surface area (Å²) in [6.45, 7) is 2.08. The number of aromatic amines is 1. The van der Waals surface area contributed by atoms with Gasteiger partial charge in [-0.3, -0.25) is 14.2 Å². The van der Waals surface area contributed by atoms with E-state index in [9.17, 15) is 9.59 Å². The normalized spacial score (nSPS) is 15.4. The molecule has 1 saturated heterocycles. The molecule has 3 rings (SSSR count). The van der Waals surface area contributed by atoms with E-state index in [1.165, 1.54) is 11.3 Å². The first kappa shape index (κ1) is 13.5. The Bertz CT molecular complexity index is 759. The van der Waals surface area contributed by atoms with E-state index in [2.05, 4.69) is 4.98 Å². The summed E-state index contributed by atoms with van der Waals surface area (Å²) in [5.74, 6) is 0.219. The van der Waals surface area contributed by atoms with Gasteiger partial charge in [-0.1, -0.05) is 0 Å². The average Bonchev–Trinajstić information content (AvgIpc) is 3.03. The van der Waals surface area contributed by atoms with Crippen molar-refractivity contribution in [1.82, 2.24) is 14.5 Å². The molecule has 106 valence electrons. The topological polar surface area (TPSA) is 58.1 Å². The third kappa shape index (κ3) is 2.43. The van der Waals surface area contributed by atoms with Crippen LogP contribution in [0.25, 0.3) is 10.2 Å². The van der Waals surface area contributed by atoms with Gasteiger partial charge in [0.15, 0.2) is 4.77 Å². The lowest BCUT2D eigenvalue weighted by atomic mass is 10.3. The summed E-state index contributed by atoms with van der Waals surface area (Å²) in [6.07, 6.45) is 2.35. The van der Waals surface area contributed by atoms with Crippen molar-refractivity contribution in [3.05, 3.63) is 26.6 Å². The minimum absolute atomic E-state index is 0.0356. The molecule has 0 saturated carbocycles. The fourth-order valence-corrected chi connectivity index (χ4v) is 3.62. The molecule has 0 unspecified atom stereocenters. The lowest BCUT2D eigenvalue weighted by Gasteiger charge is -2.15. The van der Waals surface area contributed by atoms with Crippen molar-refractivity contribution in [2.75, 3.05) is 13.1 Å². The molecule has 1 aliphatic rings. The molecule has 3 heterocycles. The molecule has 1 N–H and O–H groups in total. The third-order valence-electron chi connectivity index (χ3n) is 3.57. The Morgan fingerprint density at radius 3 is 2.95 bits per heavy atom. The first-order valence-electron chi connectivity index (χ1n) is 6.65. The van der Waals surface area contributed by atoms with E-state index in [4.69, 9.17) is 12.2 Å². The predicted octanol–water partition coefficient (Wildman–Crippen LogP) is 2.13. The zero-order valence-electron chi connectivity index (χ0n) is 10.9. The van der Waals surface area contributed by atoms with E-state index in [1.807, 2.05) is 16.3 Å². The van der Waals surface area contributed by atoms with Gasteiger partial charge in [0.05, 0.1) is 5.52 Å².